The van der Waals surface area contributed by atoms with Gasteiger partial charge in [-0.3, -0.25) is 0 Å². The zero-order chi connectivity index (χ0) is 13.1. The van der Waals surface area contributed by atoms with E-state index in [0.717, 1.165) is 0 Å². The molecule has 0 radical (unpaired) electrons. The van der Waals surface area contributed by atoms with Crippen molar-refractivity contribution in [3.05, 3.63) is 41.5 Å². The summed E-state index contributed by atoms with van der Waals surface area (Å²) in [6.45, 7) is 1.93. The number of carbonyl (C=O) groups is 1. The van der Waals surface area contributed by atoms with Crippen molar-refractivity contribution < 1.29 is 18.3 Å². The molecular formula is C13H12FNO3. The molecule has 0 amide bonds. The number of halogens is 1. The second-order valence-corrected chi connectivity index (χ2v) is 3.62. The monoisotopic (exact) mass is 249 g/mol. The molecule has 0 atom stereocenters. The van der Waals surface area contributed by atoms with Crippen LogP contribution in [0.15, 0.2) is 34.6 Å². The standard InChI is InChI=1S/C13H12FNO3/c1-2-17-13(16)11(15)7-8-3-4-10(14)9-5-6-18-12(8)9/h3-7H,2,15H2,1H3/b11-7-. The molecule has 2 N–H and O–H groups in total. The predicted molar refractivity (Wildman–Crippen MR) is 65.0 cm³/mol. The molecule has 2 rings (SSSR count). The lowest BCUT2D eigenvalue weighted by Gasteiger charge is -2.02. The van der Waals surface area contributed by atoms with Gasteiger partial charge in [0.15, 0.2) is 0 Å². The molecule has 0 aliphatic heterocycles. The van der Waals surface area contributed by atoms with E-state index >= 15 is 0 Å². The molecule has 4 nitrogen and oxygen atoms in total. The summed E-state index contributed by atoms with van der Waals surface area (Å²) in [5.41, 5.74) is 6.41. The van der Waals surface area contributed by atoms with E-state index in [0.29, 0.717) is 16.5 Å². The average molecular weight is 249 g/mol. The van der Waals surface area contributed by atoms with Crippen LogP contribution >= 0.6 is 0 Å². The first-order valence-corrected chi connectivity index (χ1v) is 5.43. The quantitative estimate of drug-likeness (QED) is 0.670. The minimum atomic E-state index is -0.610. The Morgan fingerprint density at radius 1 is 1.50 bits per heavy atom. The van der Waals surface area contributed by atoms with Gasteiger partial charge < -0.3 is 14.9 Å². The number of hydrogen-bond acceptors (Lipinski definition) is 4. The number of rotatable bonds is 3. The lowest BCUT2D eigenvalue weighted by Crippen LogP contribution is -2.14. The van der Waals surface area contributed by atoms with E-state index in [1.807, 2.05) is 0 Å². The van der Waals surface area contributed by atoms with E-state index in [1.165, 1.54) is 30.5 Å². The SMILES string of the molecule is CCOC(=O)/C(N)=C/c1ccc(F)c2ccoc12. The van der Waals surface area contributed by atoms with Crippen molar-refractivity contribution in [1.82, 2.24) is 0 Å². The van der Waals surface area contributed by atoms with Crippen LogP contribution in [0.5, 0.6) is 0 Å². The van der Waals surface area contributed by atoms with E-state index in [2.05, 4.69) is 0 Å². The molecule has 0 spiro atoms. The van der Waals surface area contributed by atoms with Crippen LogP contribution in [0.25, 0.3) is 17.0 Å². The first-order valence-electron chi connectivity index (χ1n) is 5.43. The van der Waals surface area contributed by atoms with Crippen molar-refractivity contribution in [2.24, 2.45) is 5.73 Å². The molecule has 0 aliphatic carbocycles. The van der Waals surface area contributed by atoms with Gasteiger partial charge in [-0.1, -0.05) is 0 Å². The van der Waals surface area contributed by atoms with Crippen molar-refractivity contribution in [3.63, 3.8) is 0 Å². The Bertz CT molecular complexity index is 616. The van der Waals surface area contributed by atoms with Gasteiger partial charge in [-0.25, -0.2) is 9.18 Å². The fraction of sp³-hybridized carbons (Fsp3) is 0.154. The molecule has 1 aromatic heterocycles. The molecule has 0 fully saturated rings. The molecule has 0 unspecified atom stereocenters. The first kappa shape index (κ1) is 12.2. The van der Waals surface area contributed by atoms with E-state index in [9.17, 15) is 9.18 Å². The van der Waals surface area contributed by atoms with Crippen LogP contribution < -0.4 is 5.73 Å². The zero-order valence-corrected chi connectivity index (χ0v) is 9.77. The summed E-state index contributed by atoms with van der Waals surface area (Å²) < 4.78 is 23.3. The topological polar surface area (TPSA) is 65.5 Å². The van der Waals surface area contributed by atoms with E-state index in [-0.39, 0.29) is 18.1 Å². The summed E-state index contributed by atoms with van der Waals surface area (Å²) in [6, 6.07) is 4.30. The average Bonchev–Trinajstić information content (AvgIpc) is 2.83. The van der Waals surface area contributed by atoms with Crippen LogP contribution in [0.1, 0.15) is 12.5 Å². The predicted octanol–water partition coefficient (Wildman–Crippen LogP) is 2.43. The summed E-state index contributed by atoms with van der Waals surface area (Å²) in [5, 5.41) is 0.348. The van der Waals surface area contributed by atoms with Gasteiger partial charge in [0.2, 0.25) is 0 Å². The lowest BCUT2D eigenvalue weighted by molar-refractivity contribution is -0.138. The number of furan rings is 1. The van der Waals surface area contributed by atoms with E-state index in [1.54, 1.807) is 6.92 Å². The van der Waals surface area contributed by atoms with Crippen LogP contribution in [0.2, 0.25) is 0 Å². The molecular weight excluding hydrogens is 237 g/mol. The van der Waals surface area contributed by atoms with Gasteiger partial charge in [-0.2, -0.15) is 0 Å². The highest BCUT2D eigenvalue weighted by molar-refractivity contribution is 5.96. The number of ether oxygens (including phenoxy) is 1. The van der Waals surface area contributed by atoms with E-state index in [4.69, 9.17) is 14.9 Å². The van der Waals surface area contributed by atoms with Gasteiger partial charge in [0.1, 0.15) is 17.1 Å². The van der Waals surface area contributed by atoms with Gasteiger partial charge in [0.05, 0.1) is 18.3 Å². The molecule has 0 bridgehead atoms. The third-order valence-corrected chi connectivity index (χ3v) is 2.42. The van der Waals surface area contributed by atoms with Gasteiger partial charge in [-0.15, -0.1) is 0 Å². The Morgan fingerprint density at radius 2 is 2.28 bits per heavy atom. The van der Waals surface area contributed by atoms with Crippen LogP contribution in [0.4, 0.5) is 4.39 Å². The van der Waals surface area contributed by atoms with Crippen molar-refractivity contribution >= 4 is 23.0 Å². The summed E-state index contributed by atoms with van der Waals surface area (Å²) in [7, 11) is 0. The summed E-state index contributed by atoms with van der Waals surface area (Å²) in [6.07, 6.45) is 2.79. The van der Waals surface area contributed by atoms with Crippen molar-refractivity contribution in [2.75, 3.05) is 6.61 Å². The van der Waals surface area contributed by atoms with Crippen molar-refractivity contribution in [1.29, 1.82) is 0 Å². The highest BCUT2D eigenvalue weighted by Crippen LogP contribution is 2.24. The largest absolute Gasteiger partial charge is 0.464 e. The summed E-state index contributed by atoms with van der Waals surface area (Å²) in [5.74, 6) is -0.993. The maximum atomic E-state index is 13.4. The van der Waals surface area contributed by atoms with E-state index < -0.39 is 5.97 Å². The van der Waals surface area contributed by atoms with Gasteiger partial charge >= 0.3 is 5.97 Å². The Labute approximate surface area is 103 Å². The highest BCUT2D eigenvalue weighted by Gasteiger charge is 2.10. The molecule has 1 heterocycles. The minimum Gasteiger partial charge on any atom is -0.464 e. The Kier molecular flexibility index (Phi) is 3.32. The van der Waals surface area contributed by atoms with Crippen LogP contribution in [0, 0.1) is 5.82 Å². The van der Waals surface area contributed by atoms with Gasteiger partial charge in [0.25, 0.3) is 0 Å². The summed E-state index contributed by atoms with van der Waals surface area (Å²) >= 11 is 0. The maximum absolute atomic E-state index is 13.4. The normalized spacial score (nSPS) is 11.8. The Balaban J connectivity index is 2.43. The number of hydrogen-bond donors (Lipinski definition) is 1. The summed E-state index contributed by atoms with van der Waals surface area (Å²) in [4.78, 5) is 11.4. The molecule has 1 aromatic carbocycles. The fourth-order valence-corrected chi connectivity index (χ4v) is 1.60. The molecule has 94 valence electrons. The second kappa shape index (κ2) is 4.91. The number of carbonyl (C=O) groups excluding carboxylic acids is 1. The fourth-order valence-electron chi connectivity index (χ4n) is 1.60. The highest BCUT2D eigenvalue weighted by atomic mass is 19.1. The zero-order valence-electron chi connectivity index (χ0n) is 9.77. The lowest BCUT2D eigenvalue weighted by atomic mass is 10.1. The first-order chi connectivity index (χ1) is 8.63. The number of nitrogens with two attached hydrogens (primary N) is 1. The third kappa shape index (κ3) is 2.20. The van der Waals surface area contributed by atoms with Gasteiger partial charge in [-0.05, 0) is 31.2 Å². The van der Waals surface area contributed by atoms with Crippen molar-refractivity contribution in [2.45, 2.75) is 6.92 Å². The molecule has 2 aromatic rings. The molecule has 0 saturated carbocycles. The minimum absolute atomic E-state index is 0.0545. The second-order valence-electron chi connectivity index (χ2n) is 3.62. The number of benzene rings is 1. The van der Waals surface area contributed by atoms with Gasteiger partial charge in [0, 0.05) is 5.56 Å². The van der Waals surface area contributed by atoms with Crippen LogP contribution in [0.3, 0.4) is 0 Å². The van der Waals surface area contributed by atoms with Crippen LogP contribution in [-0.4, -0.2) is 12.6 Å². The number of fused-ring (bicyclic) bond motifs is 1. The maximum Gasteiger partial charge on any atom is 0.354 e. The third-order valence-electron chi connectivity index (χ3n) is 2.42. The molecule has 0 saturated heterocycles. The van der Waals surface area contributed by atoms with Crippen LogP contribution in [-0.2, 0) is 9.53 Å². The smallest absolute Gasteiger partial charge is 0.354 e. The van der Waals surface area contributed by atoms with Crippen molar-refractivity contribution in [3.8, 4) is 0 Å². The molecule has 0 aliphatic rings. The molecule has 5 heteroatoms. The number of esters is 1. The Morgan fingerprint density at radius 3 is 3.00 bits per heavy atom. The Hall–Kier alpha value is -2.30. The molecule has 18 heavy (non-hydrogen) atoms.